The van der Waals surface area contributed by atoms with Gasteiger partial charge in [0, 0.05) is 17.3 Å². The number of aromatic nitrogens is 1. The minimum Gasteiger partial charge on any atom is -0.507 e. The Morgan fingerprint density at radius 2 is 1.83 bits per heavy atom. The van der Waals surface area contributed by atoms with Gasteiger partial charge in [0.25, 0.3) is 0 Å². The van der Waals surface area contributed by atoms with Gasteiger partial charge in [0.2, 0.25) is 9.84 Å². The van der Waals surface area contributed by atoms with Gasteiger partial charge in [-0.1, -0.05) is 26.0 Å². The first-order chi connectivity index (χ1) is 14.0. The van der Waals surface area contributed by atoms with Gasteiger partial charge in [0.05, 0.1) is 0 Å². The molecular weight excluding hydrogens is 396 g/mol. The van der Waals surface area contributed by atoms with Crippen LogP contribution in [-0.2, 0) is 16.3 Å². The number of aryl methyl sites for hydroxylation is 1. The predicted molar refractivity (Wildman–Crippen MR) is 121 cm³/mol. The van der Waals surface area contributed by atoms with Crippen molar-refractivity contribution in [3.05, 3.63) is 59.8 Å². The van der Waals surface area contributed by atoms with Crippen LogP contribution >= 0.6 is 0 Å². The summed E-state index contributed by atoms with van der Waals surface area (Å²) in [5.74, 6) is -0.164. The number of aromatic hydroxyl groups is 1. The van der Waals surface area contributed by atoms with E-state index in [2.05, 4.69) is 26.1 Å². The van der Waals surface area contributed by atoms with Gasteiger partial charge in [-0.15, -0.1) is 0 Å². The van der Waals surface area contributed by atoms with Crippen molar-refractivity contribution in [2.75, 3.05) is 6.54 Å². The van der Waals surface area contributed by atoms with Crippen molar-refractivity contribution in [1.82, 2.24) is 9.72 Å². The molecule has 30 heavy (non-hydrogen) atoms. The van der Waals surface area contributed by atoms with Crippen molar-refractivity contribution in [3.63, 3.8) is 0 Å². The van der Waals surface area contributed by atoms with E-state index in [4.69, 9.17) is 0 Å². The zero-order valence-electron chi connectivity index (χ0n) is 18.4. The number of sulfone groups is 1. The maximum absolute atomic E-state index is 13.5. The maximum Gasteiger partial charge on any atom is 0.226 e. The van der Waals surface area contributed by atoms with E-state index >= 15 is 0 Å². The molecule has 0 aliphatic heterocycles. The van der Waals surface area contributed by atoms with Crippen LogP contribution in [0.15, 0.2) is 58.6 Å². The normalized spacial score (nSPS) is 12.7. The molecule has 6 heteroatoms. The summed E-state index contributed by atoms with van der Waals surface area (Å²) in [6.45, 7) is 11.2. The number of hydrogen-bond acceptors (Lipinski definition) is 4. The SMILES string of the molecule is CC(C)c1cc2ccccn2c1S(=O)(=O)c1ccc(CCCNC(C)(C)C)cc1O. The molecule has 2 aromatic heterocycles. The lowest BCUT2D eigenvalue weighted by atomic mass is 10.1. The van der Waals surface area contributed by atoms with Gasteiger partial charge in [-0.2, -0.15) is 0 Å². The minimum absolute atomic E-state index is 0.0337. The van der Waals surface area contributed by atoms with Crippen LogP contribution in [0.4, 0.5) is 0 Å². The van der Waals surface area contributed by atoms with Gasteiger partial charge >= 0.3 is 0 Å². The third kappa shape index (κ3) is 4.71. The molecule has 0 saturated heterocycles. The van der Waals surface area contributed by atoms with E-state index in [1.165, 1.54) is 6.07 Å². The second-order valence-corrected chi connectivity index (χ2v) is 11.0. The quantitative estimate of drug-likeness (QED) is 0.524. The standard InChI is InChI=1S/C24H32N2O3S/c1-17(2)20-16-19-10-6-7-14-26(19)23(20)30(28,29)22-12-11-18(15-21(22)27)9-8-13-25-24(3,4)5/h6-7,10-12,14-17,25,27H,8-9,13H2,1-5H3. The van der Waals surface area contributed by atoms with Crippen LogP contribution < -0.4 is 5.32 Å². The minimum atomic E-state index is -3.89. The lowest BCUT2D eigenvalue weighted by Gasteiger charge is -2.20. The molecule has 1 aromatic carbocycles. The van der Waals surface area contributed by atoms with Crippen molar-refractivity contribution in [3.8, 4) is 5.75 Å². The van der Waals surface area contributed by atoms with Crippen LogP contribution in [0.2, 0.25) is 0 Å². The van der Waals surface area contributed by atoms with Gasteiger partial charge in [-0.25, -0.2) is 8.42 Å². The van der Waals surface area contributed by atoms with Crippen molar-refractivity contribution >= 4 is 15.4 Å². The zero-order valence-corrected chi connectivity index (χ0v) is 19.3. The number of fused-ring (bicyclic) bond motifs is 1. The summed E-state index contributed by atoms with van der Waals surface area (Å²) in [6.07, 6.45) is 3.42. The number of benzene rings is 1. The Morgan fingerprint density at radius 3 is 2.47 bits per heavy atom. The third-order valence-corrected chi connectivity index (χ3v) is 7.01. The summed E-state index contributed by atoms with van der Waals surface area (Å²) in [5, 5.41) is 14.3. The van der Waals surface area contributed by atoms with Gasteiger partial charge in [0.1, 0.15) is 15.7 Å². The van der Waals surface area contributed by atoms with Crippen LogP contribution in [0.5, 0.6) is 5.75 Å². The smallest absolute Gasteiger partial charge is 0.226 e. The maximum atomic E-state index is 13.5. The highest BCUT2D eigenvalue weighted by molar-refractivity contribution is 7.91. The first kappa shape index (κ1) is 22.4. The summed E-state index contributed by atoms with van der Waals surface area (Å²) >= 11 is 0. The van der Waals surface area contributed by atoms with Crippen molar-refractivity contribution in [2.45, 2.75) is 68.8 Å². The van der Waals surface area contributed by atoms with Gasteiger partial charge < -0.3 is 14.8 Å². The molecular formula is C24H32N2O3S. The molecule has 0 fully saturated rings. The molecule has 0 atom stereocenters. The van der Waals surface area contributed by atoms with E-state index in [1.54, 1.807) is 22.7 Å². The van der Waals surface area contributed by atoms with Crippen LogP contribution in [0.1, 0.15) is 58.1 Å². The molecule has 5 nitrogen and oxygen atoms in total. The van der Waals surface area contributed by atoms with Crippen LogP contribution in [0.25, 0.3) is 5.52 Å². The summed E-state index contributed by atoms with van der Waals surface area (Å²) in [7, 11) is -3.89. The van der Waals surface area contributed by atoms with Crippen molar-refractivity contribution in [2.24, 2.45) is 0 Å². The Morgan fingerprint density at radius 1 is 1.10 bits per heavy atom. The van der Waals surface area contributed by atoms with Gasteiger partial charge in [0.15, 0.2) is 0 Å². The highest BCUT2D eigenvalue weighted by Gasteiger charge is 2.29. The summed E-state index contributed by atoms with van der Waals surface area (Å²) < 4.78 is 28.8. The molecule has 0 bridgehead atoms. The third-order valence-electron chi connectivity index (χ3n) is 5.15. The first-order valence-corrected chi connectivity index (χ1v) is 11.9. The molecule has 2 heterocycles. The van der Waals surface area contributed by atoms with E-state index in [0.717, 1.165) is 36.0 Å². The van der Waals surface area contributed by atoms with Crippen LogP contribution in [0.3, 0.4) is 0 Å². The fraction of sp³-hybridized carbons (Fsp3) is 0.417. The molecule has 162 valence electrons. The predicted octanol–water partition coefficient (Wildman–Crippen LogP) is 4.92. The Balaban J connectivity index is 1.92. The number of nitrogens with one attached hydrogen (secondary N) is 1. The Kier molecular flexibility index (Phi) is 6.29. The highest BCUT2D eigenvalue weighted by atomic mass is 32.2. The first-order valence-electron chi connectivity index (χ1n) is 10.4. The Bertz CT molecular complexity index is 1140. The molecule has 0 aliphatic carbocycles. The lowest BCUT2D eigenvalue weighted by molar-refractivity contribution is 0.422. The molecule has 0 aliphatic rings. The van der Waals surface area contributed by atoms with E-state index in [9.17, 15) is 13.5 Å². The van der Waals surface area contributed by atoms with Crippen LogP contribution in [0, 0.1) is 0 Å². The summed E-state index contributed by atoms with van der Waals surface area (Å²) in [5.41, 5.74) is 2.56. The second kappa shape index (κ2) is 8.44. The topological polar surface area (TPSA) is 70.8 Å². The zero-order chi connectivity index (χ0) is 22.1. The fourth-order valence-electron chi connectivity index (χ4n) is 3.62. The Hall–Kier alpha value is -2.31. The van der Waals surface area contributed by atoms with Crippen LogP contribution in [-0.4, -0.2) is 30.0 Å². The van der Waals surface area contributed by atoms with Gasteiger partial charge in [-0.3, -0.25) is 0 Å². The number of nitrogens with zero attached hydrogens (tertiary/aromatic N) is 1. The average molecular weight is 429 g/mol. The summed E-state index contributed by atoms with van der Waals surface area (Å²) in [4.78, 5) is -0.0511. The molecule has 0 radical (unpaired) electrons. The number of pyridine rings is 1. The van der Waals surface area contributed by atoms with E-state index in [1.807, 2.05) is 38.1 Å². The molecule has 0 amide bonds. The molecule has 0 unspecified atom stereocenters. The van der Waals surface area contributed by atoms with Crippen molar-refractivity contribution in [1.29, 1.82) is 0 Å². The largest absolute Gasteiger partial charge is 0.507 e. The Labute approximate surface area is 179 Å². The van der Waals surface area contributed by atoms with E-state index in [-0.39, 0.29) is 27.1 Å². The average Bonchev–Trinajstić information content (AvgIpc) is 3.05. The highest BCUT2D eigenvalue weighted by Crippen LogP contribution is 2.35. The number of rotatable bonds is 7. The monoisotopic (exact) mass is 428 g/mol. The van der Waals surface area contributed by atoms with E-state index < -0.39 is 9.84 Å². The number of phenols is 1. The number of phenolic OH excluding ortho intramolecular Hbond substituents is 1. The molecule has 0 saturated carbocycles. The molecule has 3 rings (SSSR count). The number of hydrogen-bond donors (Lipinski definition) is 2. The molecule has 3 aromatic rings. The second-order valence-electron chi connectivity index (χ2n) is 9.14. The fourth-order valence-corrected chi connectivity index (χ4v) is 5.44. The molecule has 2 N–H and O–H groups in total. The summed E-state index contributed by atoms with van der Waals surface area (Å²) in [6, 6.07) is 12.4. The van der Waals surface area contributed by atoms with Gasteiger partial charge in [-0.05, 0) is 87.5 Å². The van der Waals surface area contributed by atoms with E-state index in [0.29, 0.717) is 0 Å². The van der Waals surface area contributed by atoms with Crippen molar-refractivity contribution < 1.29 is 13.5 Å². The lowest BCUT2D eigenvalue weighted by Crippen LogP contribution is -2.36. The molecule has 0 spiro atoms.